The summed E-state index contributed by atoms with van der Waals surface area (Å²) in [6, 6.07) is 14.3. The van der Waals surface area contributed by atoms with Crippen molar-refractivity contribution in [2.45, 2.75) is 44.6 Å². The molecule has 13 heteroatoms. The third kappa shape index (κ3) is 6.21. The Balaban J connectivity index is 1.99. The summed E-state index contributed by atoms with van der Waals surface area (Å²) in [5, 5.41) is 19.1. The molecule has 1 unspecified atom stereocenters. The van der Waals surface area contributed by atoms with Gasteiger partial charge in [0.05, 0.1) is 6.07 Å². The second kappa shape index (κ2) is 12.0. The summed E-state index contributed by atoms with van der Waals surface area (Å²) in [5.41, 5.74) is 0.0809. The van der Waals surface area contributed by atoms with Gasteiger partial charge >= 0.3 is 12.1 Å². The van der Waals surface area contributed by atoms with Crippen LogP contribution in [0, 0.1) is 11.3 Å². The van der Waals surface area contributed by atoms with Gasteiger partial charge in [0.1, 0.15) is 11.6 Å². The van der Waals surface area contributed by atoms with Gasteiger partial charge in [0, 0.05) is 44.1 Å². The molecule has 9 nitrogen and oxygen atoms in total. The molecule has 0 aliphatic heterocycles. The monoisotopic (exact) mass is 575 g/mol. The minimum Gasteiger partial charge on any atom is -0.406 e. The van der Waals surface area contributed by atoms with Crippen molar-refractivity contribution >= 4 is 22.8 Å². The topological polar surface area (TPSA) is 115 Å². The van der Waals surface area contributed by atoms with Gasteiger partial charge < -0.3 is 14.4 Å². The molecule has 0 saturated heterocycles. The summed E-state index contributed by atoms with van der Waals surface area (Å²) in [5.74, 6) is -0.876. The van der Waals surface area contributed by atoms with E-state index in [0.29, 0.717) is 10.6 Å². The first-order valence-corrected chi connectivity index (χ1v) is 12.7. The largest absolute Gasteiger partial charge is 0.573 e. The van der Waals surface area contributed by atoms with Crippen molar-refractivity contribution in [2.24, 2.45) is 7.05 Å². The SMILES string of the molecule is Cn1c(=O)n(CCCO)c(=O)c2c1nc(C(CCC#N)c1cccc(OC(F)(F)F)c1)n2Cc1ccc(Cl)cc1. The average Bonchev–Trinajstić information content (AvgIpc) is 3.27. The minimum atomic E-state index is -4.90. The highest BCUT2D eigenvalue weighted by Gasteiger charge is 2.32. The maximum absolute atomic E-state index is 13.7. The van der Waals surface area contributed by atoms with Gasteiger partial charge in [0.25, 0.3) is 5.56 Å². The maximum Gasteiger partial charge on any atom is 0.573 e. The molecular weight excluding hydrogens is 551 g/mol. The number of alkyl halides is 3. The zero-order valence-corrected chi connectivity index (χ0v) is 22.1. The number of aliphatic hydroxyl groups excluding tert-OH is 1. The van der Waals surface area contributed by atoms with E-state index in [-0.39, 0.29) is 55.9 Å². The zero-order chi connectivity index (χ0) is 29.0. The highest BCUT2D eigenvalue weighted by Crippen LogP contribution is 2.34. The molecule has 2 aromatic carbocycles. The first-order valence-electron chi connectivity index (χ1n) is 12.3. The van der Waals surface area contributed by atoms with Crippen LogP contribution in [-0.4, -0.2) is 36.8 Å². The molecule has 0 bridgehead atoms. The minimum absolute atomic E-state index is 0.0197. The van der Waals surface area contributed by atoms with Gasteiger partial charge in [-0.15, -0.1) is 13.2 Å². The molecule has 0 amide bonds. The Morgan fingerprint density at radius 2 is 1.88 bits per heavy atom. The number of aryl methyl sites for hydroxylation is 1. The van der Waals surface area contributed by atoms with Gasteiger partial charge in [-0.05, 0) is 48.2 Å². The number of fused-ring (bicyclic) bond motifs is 1. The Kier molecular flexibility index (Phi) is 8.66. The third-order valence-electron chi connectivity index (χ3n) is 6.41. The van der Waals surface area contributed by atoms with E-state index in [4.69, 9.17) is 11.6 Å². The van der Waals surface area contributed by atoms with E-state index in [1.807, 2.05) is 0 Å². The van der Waals surface area contributed by atoms with E-state index >= 15 is 0 Å². The lowest BCUT2D eigenvalue weighted by molar-refractivity contribution is -0.274. The Morgan fingerprint density at radius 1 is 1.15 bits per heavy atom. The molecule has 1 N–H and O–H groups in total. The van der Waals surface area contributed by atoms with Crippen LogP contribution >= 0.6 is 11.6 Å². The summed E-state index contributed by atoms with van der Waals surface area (Å²) in [4.78, 5) is 31.4. The number of hydrogen-bond donors (Lipinski definition) is 1. The normalized spacial score (nSPS) is 12.4. The van der Waals surface area contributed by atoms with Crippen LogP contribution in [0.15, 0.2) is 58.1 Å². The fraction of sp³-hybridized carbons (Fsp3) is 0.333. The lowest BCUT2D eigenvalue weighted by atomic mass is 9.93. The Bertz CT molecular complexity index is 1670. The number of aromatic nitrogens is 4. The first-order chi connectivity index (χ1) is 19.0. The van der Waals surface area contributed by atoms with Gasteiger partial charge in [0.15, 0.2) is 11.2 Å². The number of ether oxygens (including phenoxy) is 1. The van der Waals surface area contributed by atoms with Gasteiger partial charge in [0.2, 0.25) is 0 Å². The lowest BCUT2D eigenvalue weighted by Gasteiger charge is -2.19. The van der Waals surface area contributed by atoms with Crippen LogP contribution in [0.2, 0.25) is 5.02 Å². The highest BCUT2D eigenvalue weighted by molar-refractivity contribution is 6.30. The van der Waals surface area contributed by atoms with E-state index in [1.54, 1.807) is 34.9 Å². The molecule has 210 valence electrons. The van der Waals surface area contributed by atoms with Crippen LogP contribution in [0.3, 0.4) is 0 Å². The average molecular weight is 576 g/mol. The van der Waals surface area contributed by atoms with Crippen molar-refractivity contribution in [3.63, 3.8) is 0 Å². The molecule has 4 aromatic rings. The molecule has 0 spiro atoms. The standard InChI is InChI=1S/C27H25ClF3N5O4/c1-34-24-22(25(38)35(26(34)39)13-4-14-37)36(16-17-8-10-19(28)11-9-17)23(33-24)21(7-3-12-32)18-5-2-6-20(15-18)40-27(29,30)31/h2,5-6,8-11,15,21,37H,3-4,7,13-14,16H2,1H3. The van der Waals surface area contributed by atoms with Gasteiger partial charge in [-0.2, -0.15) is 5.26 Å². The number of nitrogens with zero attached hydrogens (tertiary/aromatic N) is 5. The van der Waals surface area contributed by atoms with Gasteiger partial charge in [-0.25, -0.2) is 9.78 Å². The molecule has 4 rings (SSSR count). The molecule has 0 aliphatic rings. The van der Waals surface area contributed by atoms with Crippen LogP contribution in [-0.2, 0) is 20.1 Å². The summed E-state index contributed by atoms with van der Waals surface area (Å²) in [7, 11) is 1.46. The van der Waals surface area contributed by atoms with Crippen molar-refractivity contribution in [1.29, 1.82) is 5.26 Å². The number of halogens is 4. The first kappa shape index (κ1) is 28.9. The van der Waals surface area contributed by atoms with Crippen molar-refractivity contribution < 1.29 is 23.0 Å². The Hall–Kier alpha value is -4.08. The smallest absolute Gasteiger partial charge is 0.406 e. The predicted octanol–water partition coefficient (Wildman–Crippen LogP) is 4.32. The van der Waals surface area contributed by atoms with E-state index < -0.39 is 29.3 Å². The number of aliphatic hydroxyl groups is 1. The second-order valence-electron chi connectivity index (χ2n) is 9.10. The van der Waals surface area contributed by atoms with Crippen LogP contribution in [0.1, 0.15) is 42.1 Å². The number of nitriles is 1. The number of rotatable bonds is 10. The lowest BCUT2D eigenvalue weighted by Crippen LogP contribution is -2.40. The summed E-state index contributed by atoms with van der Waals surface area (Å²) in [6.45, 7) is -0.123. The van der Waals surface area contributed by atoms with E-state index in [2.05, 4.69) is 15.8 Å². The summed E-state index contributed by atoms with van der Waals surface area (Å²) >= 11 is 6.05. The quantitative estimate of drug-likeness (QED) is 0.301. The molecule has 0 saturated carbocycles. The summed E-state index contributed by atoms with van der Waals surface area (Å²) in [6.07, 6.45) is -4.52. The van der Waals surface area contributed by atoms with Crippen molar-refractivity contribution in [2.75, 3.05) is 6.61 Å². The van der Waals surface area contributed by atoms with Crippen LogP contribution < -0.4 is 16.0 Å². The van der Waals surface area contributed by atoms with E-state index in [9.17, 15) is 33.1 Å². The fourth-order valence-corrected chi connectivity index (χ4v) is 4.72. The fourth-order valence-electron chi connectivity index (χ4n) is 4.60. The van der Waals surface area contributed by atoms with Crippen molar-refractivity contribution in [3.05, 3.63) is 91.3 Å². The molecule has 0 radical (unpaired) electrons. The molecular formula is C27H25ClF3N5O4. The molecule has 40 heavy (non-hydrogen) atoms. The van der Waals surface area contributed by atoms with Gasteiger partial charge in [-0.3, -0.25) is 13.9 Å². The van der Waals surface area contributed by atoms with E-state index in [0.717, 1.165) is 10.1 Å². The van der Waals surface area contributed by atoms with Crippen molar-refractivity contribution in [3.8, 4) is 11.8 Å². The second-order valence-corrected chi connectivity index (χ2v) is 9.54. The molecule has 0 fully saturated rings. The van der Waals surface area contributed by atoms with Crippen LogP contribution in [0.4, 0.5) is 13.2 Å². The zero-order valence-electron chi connectivity index (χ0n) is 21.4. The van der Waals surface area contributed by atoms with Crippen LogP contribution in [0.25, 0.3) is 11.2 Å². The molecule has 2 heterocycles. The molecule has 2 aromatic heterocycles. The van der Waals surface area contributed by atoms with Crippen LogP contribution in [0.5, 0.6) is 5.75 Å². The number of hydrogen-bond acceptors (Lipinski definition) is 6. The number of benzene rings is 2. The summed E-state index contributed by atoms with van der Waals surface area (Å²) < 4.78 is 46.8. The molecule has 0 aliphatic carbocycles. The van der Waals surface area contributed by atoms with E-state index in [1.165, 1.54) is 29.8 Å². The third-order valence-corrected chi connectivity index (χ3v) is 6.66. The predicted molar refractivity (Wildman–Crippen MR) is 141 cm³/mol. The molecule has 1 atom stereocenters. The maximum atomic E-state index is 13.7. The Morgan fingerprint density at radius 3 is 2.52 bits per heavy atom. The highest BCUT2D eigenvalue weighted by atomic mass is 35.5. The van der Waals surface area contributed by atoms with Crippen molar-refractivity contribution in [1.82, 2.24) is 18.7 Å². The Labute approximate surface area is 231 Å². The van der Waals surface area contributed by atoms with Gasteiger partial charge in [-0.1, -0.05) is 35.9 Å². The number of imidazole rings is 1.